The fourth-order valence-electron chi connectivity index (χ4n) is 6.58. The molecule has 3 aliphatic heterocycles. The molecule has 0 atom stereocenters. The summed E-state index contributed by atoms with van der Waals surface area (Å²) in [6, 6.07) is 15.6. The van der Waals surface area contributed by atoms with Crippen LogP contribution in [0.15, 0.2) is 54.7 Å². The summed E-state index contributed by atoms with van der Waals surface area (Å²) in [6.45, 7) is 5.06. The van der Waals surface area contributed by atoms with E-state index in [1.807, 2.05) is 42.5 Å². The maximum Gasteiger partial charge on any atom is 0.410 e. The van der Waals surface area contributed by atoms with Crippen LogP contribution in [0.4, 0.5) is 22.0 Å². The summed E-state index contributed by atoms with van der Waals surface area (Å²) in [5.41, 5.74) is 8.78. The molecule has 1 aliphatic carbocycles. The molecule has 45 heavy (non-hydrogen) atoms. The summed E-state index contributed by atoms with van der Waals surface area (Å²) in [5.74, 6) is 0.987. The van der Waals surface area contributed by atoms with Crippen LogP contribution in [0.2, 0.25) is 5.15 Å². The number of benzene rings is 1. The van der Waals surface area contributed by atoms with E-state index in [1.165, 1.54) is 0 Å². The van der Waals surface area contributed by atoms with E-state index in [1.54, 1.807) is 17.2 Å². The monoisotopic (exact) mass is 635 g/mol. The van der Waals surface area contributed by atoms with Gasteiger partial charge in [-0.3, -0.25) is 0 Å². The number of pyridine rings is 1. The summed E-state index contributed by atoms with van der Waals surface area (Å²) >= 11 is 6.12. The number of carbonyl (C=O) groups is 1. The summed E-state index contributed by atoms with van der Waals surface area (Å²) in [7, 11) is 0. The van der Waals surface area contributed by atoms with Crippen molar-refractivity contribution in [2.75, 3.05) is 61.5 Å². The standard InChI is InChI=1S/C32H38ClN7O5/c33-28-17-27(30(34)37-36-28)39-12-13-40(32(19-39)20-42-21-32)23-6-9-35-29(14-23)45-26-15-25(16-26)44-24-7-10-38(11-8-24)31(41)43-18-22-4-2-1-3-5-22/h1-6,9,14,17,24-26H,7-8,10-13,15-16,18-21H2,(H2,34,37). The maximum absolute atomic E-state index is 12.5. The van der Waals surface area contributed by atoms with Crippen LogP contribution >= 0.6 is 11.6 Å². The van der Waals surface area contributed by atoms with Crippen LogP contribution in [0, 0.1) is 0 Å². The molecule has 3 saturated heterocycles. The number of amides is 1. The maximum atomic E-state index is 12.5. The number of halogens is 1. The van der Waals surface area contributed by atoms with Crippen LogP contribution in [-0.4, -0.2) is 96.0 Å². The lowest BCUT2D eigenvalue weighted by molar-refractivity contribution is -0.109. The van der Waals surface area contributed by atoms with Crippen molar-refractivity contribution in [2.45, 2.75) is 56.1 Å². The first-order chi connectivity index (χ1) is 21.9. The number of hydrogen-bond donors (Lipinski definition) is 1. The van der Waals surface area contributed by atoms with E-state index in [4.69, 9.17) is 36.3 Å². The van der Waals surface area contributed by atoms with Gasteiger partial charge >= 0.3 is 6.09 Å². The van der Waals surface area contributed by atoms with Gasteiger partial charge in [-0.2, -0.15) is 0 Å². The van der Waals surface area contributed by atoms with E-state index in [2.05, 4.69) is 25.0 Å². The molecule has 0 unspecified atom stereocenters. The van der Waals surface area contributed by atoms with Crippen LogP contribution in [0.1, 0.15) is 31.2 Å². The Kier molecular flexibility index (Phi) is 8.52. The second kappa shape index (κ2) is 12.9. The largest absolute Gasteiger partial charge is 0.474 e. The van der Waals surface area contributed by atoms with Gasteiger partial charge in [-0.05, 0) is 24.5 Å². The van der Waals surface area contributed by atoms with Gasteiger partial charge in [-0.15, -0.1) is 10.2 Å². The molecule has 0 bridgehead atoms. The van der Waals surface area contributed by atoms with E-state index in [-0.39, 0.29) is 29.9 Å². The molecule has 2 N–H and O–H groups in total. The van der Waals surface area contributed by atoms with Gasteiger partial charge in [0.15, 0.2) is 11.0 Å². The smallest absolute Gasteiger partial charge is 0.410 e. The number of rotatable bonds is 8. The number of piperidine rings is 1. The average Bonchev–Trinajstić information content (AvgIpc) is 3.03. The van der Waals surface area contributed by atoms with Gasteiger partial charge in [0.25, 0.3) is 0 Å². The Hall–Kier alpha value is -3.87. The molecule has 4 aliphatic rings. The normalized spacial score (nSPS) is 22.9. The Balaban J connectivity index is 0.869. The van der Waals surface area contributed by atoms with Gasteiger partial charge < -0.3 is 39.4 Å². The van der Waals surface area contributed by atoms with Crippen LogP contribution in [0.5, 0.6) is 5.88 Å². The zero-order valence-electron chi connectivity index (χ0n) is 25.1. The molecular formula is C32H38ClN7O5. The third-order valence-electron chi connectivity index (χ3n) is 9.16. The minimum atomic E-state index is -0.262. The molecular weight excluding hydrogens is 598 g/mol. The zero-order chi connectivity index (χ0) is 30.8. The number of nitrogen functional groups attached to an aromatic ring is 1. The summed E-state index contributed by atoms with van der Waals surface area (Å²) in [5, 5.41) is 8.17. The van der Waals surface area contributed by atoms with Crippen molar-refractivity contribution in [3.8, 4) is 5.88 Å². The number of nitrogens with two attached hydrogens (primary N) is 1. The predicted octanol–water partition coefficient (Wildman–Crippen LogP) is 3.93. The topological polar surface area (TPSA) is 128 Å². The number of hydrogen-bond acceptors (Lipinski definition) is 11. The summed E-state index contributed by atoms with van der Waals surface area (Å²) in [6.07, 6.45) is 5.18. The molecule has 1 spiro atoms. The number of piperazine rings is 1. The lowest BCUT2D eigenvalue weighted by Gasteiger charge is -2.56. The highest BCUT2D eigenvalue weighted by Crippen LogP contribution is 2.38. The quantitative estimate of drug-likeness (QED) is 0.387. The van der Waals surface area contributed by atoms with E-state index >= 15 is 0 Å². The first-order valence-corrected chi connectivity index (χ1v) is 15.9. The summed E-state index contributed by atoms with van der Waals surface area (Å²) < 4.78 is 23.8. The van der Waals surface area contributed by atoms with Gasteiger partial charge in [0, 0.05) is 69.6 Å². The van der Waals surface area contributed by atoms with Crippen molar-refractivity contribution in [2.24, 2.45) is 0 Å². The number of ether oxygens (including phenoxy) is 4. The van der Waals surface area contributed by atoms with Crippen molar-refractivity contribution in [1.29, 1.82) is 0 Å². The highest BCUT2D eigenvalue weighted by Gasteiger charge is 2.48. The lowest BCUT2D eigenvalue weighted by atomic mass is 9.90. The summed E-state index contributed by atoms with van der Waals surface area (Å²) in [4.78, 5) is 23.4. The van der Waals surface area contributed by atoms with Gasteiger partial charge in [0.1, 0.15) is 18.2 Å². The van der Waals surface area contributed by atoms with Gasteiger partial charge in [-0.1, -0.05) is 41.9 Å². The Labute approximate surface area is 267 Å². The molecule has 12 nitrogen and oxygen atoms in total. The molecule has 2 aromatic heterocycles. The van der Waals surface area contributed by atoms with Crippen LogP contribution in [0.3, 0.4) is 0 Å². The molecule has 13 heteroatoms. The van der Waals surface area contributed by atoms with E-state index in [9.17, 15) is 4.79 Å². The Bertz CT molecular complexity index is 1480. The Morgan fingerprint density at radius 1 is 1.00 bits per heavy atom. The third kappa shape index (κ3) is 6.58. The highest BCUT2D eigenvalue weighted by molar-refractivity contribution is 6.29. The fourth-order valence-corrected chi connectivity index (χ4v) is 6.72. The van der Waals surface area contributed by atoms with Crippen LogP contribution in [0.25, 0.3) is 0 Å². The van der Waals surface area contributed by atoms with E-state index < -0.39 is 0 Å². The number of carbonyl (C=O) groups excluding carboxylic acids is 1. The molecule has 1 aromatic carbocycles. The van der Waals surface area contributed by atoms with Gasteiger partial charge in [-0.25, -0.2) is 9.78 Å². The van der Waals surface area contributed by atoms with Gasteiger partial charge in [0.05, 0.1) is 31.1 Å². The molecule has 3 aromatic rings. The molecule has 0 radical (unpaired) electrons. The highest BCUT2D eigenvalue weighted by atomic mass is 35.5. The van der Waals surface area contributed by atoms with E-state index in [0.717, 1.165) is 62.3 Å². The zero-order valence-corrected chi connectivity index (χ0v) is 25.8. The third-order valence-corrected chi connectivity index (χ3v) is 9.35. The molecule has 5 heterocycles. The Morgan fingerprint density at radius 3 is 2.56 bits per heavy atom. The first kappa shape index (κ1) is 29.8. The number of likely N-dealkylation sites (tertiary alicyclic amines) is 1. The predicted molar refractivity (Wildman–Crippen MR) is 169 cm³/mol. The van der Waals surface area contributed by atoms with Gasteiger partial charge in [0.2, 0.25) is 5.88 Å². The molecule has 238 valence electrons. The lowest BCUT2D eigenvalue weighted by Crippen LogP contribution is -2.72. The molecule has 7 rings (SSSR count). The minimum absolute atomic E-state index is 0.0653. The van der Waals surface area contributed by atoms with Crippen molar-refractivity contribution < 1.29 is 23.7 Å². The first-order valence-electron chi connectivity index (χ1n) is 15.6. The number of aromatic nitrogens is 3. The van der Waals surface area contributed by atoms with Crippen molar-refractivity contribution in [3.05, 3.63) is 65.4 Å². The van der Waals surface area contributed by atoms with Crippen LogP contribution < -0.4 is 20.3 Å². The van der Waals surface area contributed by atoms with Crippen molar-refractivity contribution in [3.63, 3.8) is 0 Å². The van der Waals surface area contributed by atoms with Crippen molar-refractivity contribution in [1.82, 2.24) is 20.1 Å². The Morgan fingerprint density at radius 2 is 1.80 bits per heavy atom. The molecule has 4 fully saturated rings. The number of anilines is 3. The second-order valence-corrected chi connectivity index (χ2v) is 12.7. The SMILES string of the molecule is Nc1nnc(Cl)cc1N1CCN(c2ccnc(OC3CC(OC4CCN(C(=O)OCc5ccccc5)CC4)C3)c2)C2(COC2)C1. The fraction of sp³-hybridized carbons (Fsp3) is 0.500. The molecule has 1 amide bonds. The second-order valence-electron chi connectivity index (χ2n) is 12.3. The minimum Gasteiger partial charge on any atom is -0.474 e. The van der Waals surface area contributed by atoms with Crippen LogP contribution in [-0.2, 0) is 20.8 Å². The molecule has 1 saturated carbocycles. The van der Waals surface area contributed by atoms with Crippen molar-refractivity contribution >= 4 is 34.9 Å². The van der Waals surface area contributed by atoms with E-state index in [0.29, 0.717) is 49.8 Å². The average molecular weight is 636 g/mol. The number of nitrogens with zero attached hydrogens (tertiary/aromatic N) is 6.